The van der Waals surface area contributed by atoms with Crippen LogP contribution in [0.3, 0.4) is 0 Å². The van der Waals surface area contributed by atoms with E-state index in [1.54, 1.807) is 18.2 Å². The van der Waals surface area contributed by atoms with Gasteiger partial charge in [0.25, 0.3) is 0 Å². The highest BCUT2D eigenvalue weighted by atomic mass is 32.2. The Bertz CT molecular complexity index is 731. The van der Waals surface area contributed by atoms with E-state index < -0.39 is 33.8 Å². The molecule has 8 nitrogen and oxygen atoms in total. The summed E-state index contributed by atoms with van der Waals surface area (Å²) in [7, 11) is -2.01. The number of aliphatic hydroxyl groups is 3. The summed E-state index contributed by atoms with van der Waals surface area (Å²) < 4.78 is 33.4. The van der Waals surface area contributed by atoms with Gasteiger partial charge in [-0.15, -0.1) is 0 Å². The Morgan fingerprint density at radius 1 is 1.19 bits per heavy atom. The van der Waals surface area contributed by atoms with Gasteiger partial charge in [0.2, 0.25) is 10.0 Å². The lowest BCUT2D eigenvalue weighted by Gasteiger charge is -2.35. The molecule has 4 atom stereocenters. The standard InChI is InChI=1S/C17H26N2O6S/c1-19-9-12(20)8-18-26(23,24)16-5-3-2-4-15(16)25-11-17(10-19)6-13(21)14(22)7-17/h2-5,12-14,18,20-22H,6-11H2,1H3/t12-,13-,14+,17?/m0/s1. The molecule has 146 valence electrons. The highest BCUT2D eigenvalue weighted by Crippen LogP contribution is 2.40. The minimum Gasteiger partial charge on any atom is -0.492 e. The number of aliphatic hydroxyl groups excluding tert-OH is 3. The van der Waals surface area contributed by atoms with E-state index in [9.17, 15) is 23.7 Å². The molecule has 1 aliphatic carbocycles. The molecule has 0 saturated heterocycles. The molecule has 1 heterocycles. The van der Waals surface area contributed by atoms with Crippen LogP contribution in [0.25, 0.3) is 0 Å². The van der Waals surface area contributed by atoms with Crippen molar-refractivity contribution in [3.63, 3.8) is 0 Å². The van der Waals surface area contributed by atoms with Crippen LogP contribution >= 0.6 is 0 Å². The number of hydrogen-bond donors (Lipinski definition) is 4. The largest absolute Gasteiger partial charge is 0.492 e. The van der Waals surface area contributed by atoms with E-state index in [1.165, 1.54) is 6.07 Å². The molecule has 1 fully saturated rings. The third-order valence-corrected chi connectivity index (χ3v) is 6.50. The second kappa shape index (κ2) is 7.41. The highest BCUT2D eigenvalue weighted by Gasteiger charge is 2.45. The number of sulfonamides is 1. The fourth-order valence-corrected chi connectivity index (χ4v) is 5.12. The van der Waals surface area contributed by atoms with Gasteiger partial charge in [-0.1, -0.05) is 12.1 Å². The predicted octanol–water partition coefficient (Wildman–Crippen LogP) is -0.848. The molecule has 1 spiro atoms. The van der Waals surface area contributed by atoms with Crippen LogP contribution < -0.4 is 9.46 Å². The van der Waals surface area contributed by atoms with Crippen LogP contribution in [0.2, 0.25) is 0 Å². The van der Waals surface area contributed by atoms with Crippen molar-refractivity contribution in [2.24, 2.45) is 5.41 Å². The summed E-state index contributed by atoms with van der Waals surface area (Å²) in [4.78, 5) is 1.89. The highest BCUT2D eigenvalue weighted by molar-refractivity contribution is 7.89. The van der Waals surface area contributed by atoms with E-state index in [-0.39, 0.29) is 30.3 Å². The van der Waals surface area contributed by atoms with Gasteiger partial charge in [-0.25, -0.2) is 13.1 Å². The molecule has 1 saturated carbocycles. The molecule has 1 aromatic carbocycles. The molecular weight excluding hydrogens is 360 g/mol. The number of likely N-dealkylation sites (N-methyl/N-ethyl adjacent to an activating group) is 1. The molecule has 1 aromatic rings. The van der Waals surface area contributed by atoms with Crippen molar-refractivity contribution in [2.45, 2.75) is 36.0 Å². The van der Waals surface area contributed by atoms with Gasteiger partial charge in [0.15, 0.2) is 0 Å². The lowest BCUT2D eigenvalue weighted by atomic mass is 9.86. The van der Waals surface area contributed by atoms with Crippen molar-refractivity contribution in [3.05, 3.63) is 24.3 Å². The van der Waals surface area contributed by atoms with Crippen molar-refractivity contribution >= 4 is 10.0 Å². The average Bonchev–Trinajstić information content (AvgIpc) is 2.85. The van der Waals surface area contributed by atoms with E-state index in [1.807, 2.05) is 11.9 Å². The second-order valence-corrected chi connectivity index (χ2v) is 9.22. The summed E-state index contributed by atoms with van der Waals surface area (Å²) >= 11 is 0. The first-order valence-electron chi connectivity index (χ1n) is 8.65. The number of nitrogens with one attached hydrogen (secondary N) is 1. The summed E-state index contributed by atoms with van der Waals surface area (Å²) in [5.74, 6) is 0.216. The number of hydrogen-bond acceptors (Lipinski definition) is 7. The quantitative estimate of drug-likeness (QED) is 0.459. The summed E-state index contributed by atoms with van der Waals surface area (Å²) in [5, 5.41) is 30.3. The maximum Gasteiger partial charge on any atom is 0.244 e. The van der Waals surface area contributed by atoms with Crippen LogP contribution in [0.4, 0.5) is 0 Å². The molecule has 3 rings (SSSR count). The number of rotatable bonds is 0. The van der Waals surface area contributed by atoms with Crippen molar-refractivity contribution in [1.82, 2.24) is 9.62 Å². The monoisotopic (exact) mass is 386 g/mol. The predicted molar refractivity (Wildman–Crippen MR) is 94.3 cm³/mol. The molecule has 0 amide bonds. The fourth-order valence-electron chi connectivity index (χ4n) is 3.90. The van der Waals surface area contributed by atoms with Crippen LogP contribution in [0.5, 0.6) is 5.75 Å². The van der Waals surface area contributed by atoms with E-state index in [0.717, 1.165) is 0 Å². The summed E-state index contributed by atoms with van der Waals surface area (Å²) in [6, 6.07) is 6.32. The van der Waals surface area contributed by atoms with Crippen molar-refractivity contribution < 1.29 is 28.5 Å². The first kappa shape index (κ1) is 19.5. The Hall–Kier alpha value is -1.23. The Labute approximate surface area is 153 Å². The van der Waals surface area contributed by atoms with Gasteiger partial charge in [0.1, 0.15) is 10.6 Å². The zero-order chi connectivity index (χ0) is 18.9. The number of benzene rings is 1. The zero-order valence-electron chi connectivity index (χ0n) is 14.7. The SMILES string of the molecule is CN1C[C@@H](O)CNS(=O)(=O)c2ccccc2OCC2(C[C@@H](O)[C@@H](O)C2)C1. The molecule has 9 heteroatoms. The van der Waals surface area contributed by atoms with Crippen molar-refractivity contribution in [2.75, 3.05) is 33.3 Å². The Morgan fingerprint density at radius 3 is 2.54 bits per heavy atom. The van der Waals surface area contributed by atoms with Gasteiger partial charge < -0.3 is 25.0 Å². The topological polar surface area (TPSA) is 119 Å². The Balaban J connectivity index is 1.95. The minimum atomic E-state index is -3.83. The van der Waals surface area contributed by atoms with Gasteiger partial charge in [-0.2, -0.15) is 0 Å². The molecule has 0 bridgehead atoms. The third kappa shape index (κ3) is 4.19. The molecule has 4 N–H and O–H groups in total. The molecule has 26 heavy (non-hydrogen) atoms. The maximum absolute atomic E-state index is 12.6. The van der Waals surface area contributed by atoms with Gasteiger partial charge in [-0.05, 0) is 32.0 Å². The number of β-amino-alcohol motifs (C(OH)–C–C–N with tert-alkyl or cyclic N) is 1. The van der Waals surface area contributed by atoms with E-state index in [4.69, 9.17) is 4.74 Å². The van der Waals surface area contributed by atoms with Crippen molar-refractivity contribution in [3.8, 4) is 5.75 Å². The van der Waals surface area contributed by atoms with Crippen LogP contribution in [-0.4, -0.2) is 80.2 Å². The lowest BCUT2D eigenvalue weighted by Crippen LogP contribution is -2.45. The summed E-state index contributed by atoms with van der Waals surface area (Å²) in [6.07, 6.45) is -1.87. The number of para-hydroxylation sites is 1. The number of ether oxygens (including phenoxy) is 1. The van der Waals surface area contributed by atoms with Crippen LogP contribution in [0.15, 0.2) is 29.2 Å². The summed E-state index contributed by atoms with van der Waals surface area (Å²) in [6.45, 7) is 0.818. The third-order valence-electron chi connectivity index (χ3n) is 5.04. The number of nitrogens with zero attached hydrogens (tertiary/aromatic N) is 1. The van der Waals surface area contributed by atoms with Crippen LogP contribution in [0.1, 0.15) is 12.8 Å². The van der Waals surface area contributed by atoms with Crippen molar-refractivity contribution in [1.29, 1.82) is 0 Å². The first-order chi connectivity index (χ1) is 12.2. The Kier molecular flexibility index (Phi) is 5.57. The maximum atomic E-state index is 12.6. The second-order valence-electron chi connectivity index (χ2n) is 7.48. The lowest BCUT2D eigenvalue weighted by molar-refractivity contribution is 0.0438. The zero-order valence-corrected chi connectivity index (χ0v) is 15.5. The fraction of sp³-hybridized carbons (Fsp3) is 0.647. The van der Waals surface area contributed by atoms with Gasteiger partial charge >= 0.3 is 0 Å². The average molecular weight is 386 g/mol. The first-order valence-corrected chi connectivity index (χ1v) is 10.1. The van der Waals surface area contributed by atoms with E-state index in [0.29, 0.717) is 19.4 Å². The van der Waals surface area contributed by atoms with Gasteiger partial charge in [-0.3, -0.25) is 0 Å². The molecule has 0 radical (unpaired) electrons. The van der Waals surface area contributed by atoms with Gasteiger partial charge in [0, 0.05) is 25.0 Å². The molecule has 1 aliphatic heterocycles. The van der Waals surface area contributed by atoms with Crippen LogP contribution in [-0.2, 0) is 10.0 Å². The molecule has 1 unspecified atom stereocenters. The molecule has 2 aliphatic rings. The van der Waals surface area contributed by atoms with Crippen LogP contribution in [0, 0.1) is 5.41 Å². The smallest absolute Gasteiger partial charge is 0.244 e. The Morgan fingerprint density at radius 2 is 1.85 bits per heavy atom. The van der Waals surface area contributed by atoms with E-state index >= 15 is 0 Å². The molecule has 0 aromatic heterocycles. The molecular formula is C17H26N2O6S. The van der Waals surface area contributed by atoms with E-state index in [2.05, 4.69) is 4.72 Å². The number of fused-ring (bicyclic) bond motifs is 1. The normalized spacial score (nSPS) is 35.9. The van der Waals surface area contributed by atoms with Gasteiger partial charge in [0.05, 0.1) is 24.9 Å². The summed E-state index contributed by atoms with van der Waals surface area (Å²) in [5.41, 5.74) is -0.531. The minimum absolute atomic E-state index is 0.00960.